The lowest BCUT2D eigenvalue weighted by Gasteiger charge is -2.23. The minimum Gasteiger partial charge on any atom is -0.480 e. The van der Waals surface area contributed by atoms with Gasteiger partial charge in [0.05, 0.1) is 6.07 Å². The molecule has 0 spiro atoms. The Labute approximate surface area is 107 Å². The first-order chi connectivity index (χ1) is 8.45. The van der Waals surface area contributed by atoms with Crippen molar-refractivity contribution in [1.82, 2.24) is 10.2 Å². The van der Waals surface area contributed by atoms with E-state index in [-0.39, 0.29) is 5.92 Å². The Bertz CT molecular complexity index is 362. The third-order valence-corrected chi connectivity index (χ3v) is 2.97. The number of carboxylic acid groups (broad SMARTS) is 1. The van der Waals surface area contributed by atoms with E-state index in [2.05, 4.69) is 11.4 Å². The van der Waals surface area contributed by atoms with Gasteiger partial charge in [-0.15, -0.1) is 0 Å². The molecule has 0 aliphatic carbocycles. The van der Waals surface area contributed by atoms with Crippen molar-refractivity contribution in [3.63, 3.8) is 0 Å². The third-order valence-electron chi connectivity index (χ3n) is 2.97. The van der Waals surface area contributed by atoms with E-state index < -0.39 is 24.1 Å². The van der Waals surface area contributed by atoms with Gasteiger partial charge in [-0.2, -0.15) is 5.26 Å². The summed E-state index contributed by atoms with van der Waals surface area (Å²) in [5.41, 5.74) is 0. The van der Waals surface area contributed by atoms with Crippen LogP contribution in [0, 0.1) is 17.2 Å². The molecule has 0 radical (unpaired) electrons. The number of carbonyl (C=O) groups excluding carboxylic acids is 1. The summed E-state index contributed by atoms with van der Waals surface area (Å²) in [7, 11) is 0. The second kappa shape index (κ2) is 6.24. The fourth-order valence-corrected chi connectivity index (χ4v) is 2.07. The van der Waals surface area contributed by atoms with Gasteiger partial charge < -0.3 is 15.3 Å². The Kier molecular flexibility index (Phi) is 4.95. The van der Waals surface area contributed by atoms with Crippen LogP contribution in [0.3, 0.4) is 0 Å². The number of amides is 2. The molecular weight excluding hydrogens is 234 g/mol. The first kappa shape index (κ1) is 14.3. The third kappa shape index (κ3) is 3.62. The van der Waals surface area contributed by atoms with Gasteiger partial charge in [-0.25, -0.2) is 9.59 Å². The maximum Gasteiger partial charge on any atom is 0.326 e. The number of carboxylic acids is 1. The minimum atomic E-state index is -1.04. The summed E-state index contributed by atoms with van der Waals surface area (Å²) in [6.45, 7) is 4.31. The molecule has 0 unspecified atom stereocenters. The number of hydrogen-bond acceptors (Lipinski definition) is 3. The zero-order valence-electron chi connectivity index (χ0n) is 10.7. The molecule has 2 atom stereocenters. The predicted molar refractivity (Wildman–Crippen MR) is 64.8 cm³/mol. The second-order valence-corrected chi connectivity index (χ2v) is 4.95. The van der Waals surface area contributed by atoms with Gasteiger partial charge in [-0.1, -0.05) is 13.8 Å². The highest BCUT2D eigenvalue weighted by Gasteiger charge is 2.31. The molecule has 1 saturated heterocycles. The van der Waals surface area contributed by atoms with E-state index in [1.807, 2.05) is 13.8 Å². The van der Waals surface area contributed by atoms with Crippen LogP contribution in [0.15, 0.2) is 0 Å². The largest absolute Gasteiger partial charge is 0.480 e. The summed E-state index contributed by atoms with van der Waals surface area (Å²) in [5.74, 6) is -0.860. The molecule has 0 aromatic carbocycles. The van der Waals surface area contributed by atoms with Crippen LogP contribution in [-0.2, 0) is 4.79 Å². The number of likely N-dealkylation sites (tertiary alicyclic amines) is 1. The average molecular weight is 253 g/mol. The predicted octanol–water partition coefficient (Wildman–Crippen LogP) is 1.18. The van der Waals surface area contributed by atoms with Crippen molar-refractivity contribution in [3.05, 3.63) is 0 Å². The number of rotatable bonds is 4. The Balaban J connectivity index is 2.61. The van der Waals surface area contributed by atoms with Crippen molar-refractivity contribution in [2.45, 2.75) is 45.2 Å². The molecule has 1 fully saturated rings. The zero-order chi connectivity index (χ0) is 13.7. The van der Waals surface area contributed by atoms with Crippen LogP contribution in [0.4, 0.5) is 4.79 Å². The van der Waals surface area contributed by atoms with Crippen LogP contribution in [0.1, 0.15) is 33.1 Å². The highest BCUT2D eigenvalue weighted by atomic mass is 16.4. The Morgan fingerprint density at radius 2 is 2.22 bits per heavy atom. The normalized spacial score (nSPS) is 20.6. The summed E-state index contributed by atoms with van der Waals surface area (Å²) >= 11 is 0. The fourth-order valence-electron chi connectivity index (χ4n) is 2.07. The Hall–Kier alpha value is -1.77. The molecule has 0 aromatic heterocycles. The zero-order valence-corrected chi connectivity index (χ0v) is 10.7. The molecular formula is C12H19N3O3. The summed E-state index contributed by atoms with van der Waals surface area (Å²) in [5, 5.41) is 20.4. The van der Waals surface area contributed by atoms with Crippen molar-refractivity contribution < 1.29 is 14.7 Å². The van der Waals surface area contributed by atoms with E-state index in [1.165, 1.54) is 4.90 Å². The Morgan fingerprint density at radius 1 is 1.56 bits per heavy atom. The fraction of sp³-hybridized carbons (Fsp3) is 0.750. The molecule has 6 heteroatoms. The molecule has 0 aromatic rings. The molecule has 0 saturated carbocycles. The Morgan fingerprint density at radius 3 is 2.72 bits per heavy atom. The van der Waals surface area contributed by atoms with E-state index in [0.717, 1.165) is 6.42 Å². The van der Waals surface area contributed by atoms with Gasteiger partial charge in [0.1, 0.15) is 12.1 Å². The molecule has 2 N–H and O–H groups in total. The maximum absolute atomic E-state index is 11.9. The van der Waals surface area contributed by atoms with Crippen LogP contribution in [0.25, 0.3) is 0 Å². The van der Waals surface area contributed by atoms with Crippen LogP contribution in [-0.4, -0.2) is 40.6 Å². The maximum atomic E-state index is 11.9. The number of nitrogens with zero attached hydrogens (tertiary/aromatic N) is 2. The highest BCUT2D eigenvalue weighted by molar-refractivity contribution is 5.83. The van der Waals surface area contributed by atoms with Crippen LogP contribution < -0.4 is 5.32 Å². The van der Waals surface area contributed by atoms with E-state index in [4.69, 9.17) is 10.4 Å². The first-order valence-corrected chi connectivity index (χ1v) is 6.15. The standard InChI is InChI=1S/C12H19N3O3/c1-8(2)6-10(11(16)17)14-12(18)15-5-3-4-9(15)7-13/h8-10H,3-6H2,1-2H3,(H,14,18)(H,16,17)/t9-,10+/m0/s1. The lowest BCUT2D eigenvalue weighted by atomic mass is 10.0. The van der Waals surface area contributed by atoms with E-state index in [0.29, 0.717) is 19.4 Å². The van der Waals surface area contributed by atoms with E-state index >= 15 is 0 Å². The van der Waals surface area contributed by atoms with Crippen molar-refractivity contribution in [2.75, 3.05) is 6.54 Å². The highest BCUT2D eigenvalue weighted by Crippen LogP contribution is 2.16. The first-order valence-electron chi connectivity index (χ1n) is 6.15. The number of carbonyl (C=O) groups is 2. The van der Waals surface area contributed by atoms with Crippen LogP contribution in [0.2, 0.25) is 0 Å². The minimum absolute atomic E-state index is 0.178. The van der Waals surface area contributed by atoms with Gasteiger partial charge >= 0.3 is 12.0 Å². The summed E-state index contributed by atoms with van der Waals surface area (Å²) < 4.78 is 0. The molecule has 1 rings (SSSR count). The molecule has 1 aliphatic rings. The van der Waals surface area contributed by atoms with Gasteiger partial charge in [0.2, 0.25) is 0 Å². The molecule has 0 bridgehead atoms. The SMILES string of the molecule is CC(C)C[C@@H](NC(=O)N1CCC[C@H]1C#N)C(=O)O. The quantitative estimate of drug-likeness (QED) is 0.786. The number of nitriles is 1. The molecule has 6 nitrogen and oxygen atoms in total. The average Bonchev–Trinajstić information content (AvgIpc) is 2.75. The van der Waals surface area contributed by atoms with Crippen LogP contribution >= 0.6 is 0 Å². The van der Waals surface area contributed by atoms with Crippen molar-refractivity contribution in [2.24, 2.45) is 5.92 Å². The van der Waals surface area contributed by atoms with Crippen molar-refractivity contribution in [3.8, 4) is 6.07 Å². The monoisotopic (exact) mass is 253 g/mol. The van der Waals surface area contributed by atoms with Gasteiger partial charge in [-0.3, -0.25) is 0 Å². The lowest BCUT2D eigenvalue weighted by molar-refractivity contribution is -0.139. The van der Waals surface area contributed by atoms with Gasteiger partial charge in [0.25, 0.3) is 0 Å². The second-order valence-electron chi connectivity index (χ2n) is 4.95. The smallest absolute Gasteiger partial charge is 0.326 e. The van der Waals surface area contributed by atoms with E-state index in [9.17, 15) is 9.59 Å². The number of urea groups is 1. The molecule has 18 heavy (non-hydrogen) atoms. The van der Waals surface area contributed by atoms with Crippen LogP contribution in [0.5, 0.6) is 0 Å². The van der Waals surface area contributed by atoms with Gasteiger partial charge in [-0.05, 0) is 25.2 Å². The molecule has 1 heterocycles. The molecule has 2 amide bonds. The van der Waals surface area contributed by atoms with Crippen molar-refractivity contribution in [1.29, 1.82) is 5.26 Å². The summed E-state index contributed by atoms with van der Waals surface area (Å²) in [4.78, 5) is 24.4. The molecule has 1 aliphatic heterocycles. The number of hydrogen-bond donors (Lipinski definition) is 2. The topological polar surface area (TPSA) is 93.4 Å². The lowest BCUT2D eigenvalue weighted by Crippen LogP contribution is -2.49. The summed E-state index contributed by atoms with van der Waals surface area (Å²) in [6.07, 6.45) is 1.82. The number of nitrogens with one attached hydrogen (secondary N) is 1. The van der Waals surface area contributed by atoms with Crippen molar-refractivity contribution >= 4 is 12.0 Å². The number of aliphatic carboxylic acids is 1. The summed E-state index contributed by atoms with van der Waals surface area (Å²) in [6, 6.07) is 0.281. The van der Waals surface area contributed by atoms with E-state index in [1.54, 1.807) is 0 Å². The van der Waals surface area contributed by atoms with Gasteiger partial charge in [0.15, 0.2) is 0 Å². The molecule has 100 valence electrons. The van der Waals surface area contributed by atoms with Gasteiger partial charge in [0, 0.05) is 6.54 Å².